The Morgan fingerprint density at radius 1 is 1.62 bits per heavy atom. The van der Waals surface area contributed by atoms with Crippen LogP contribution >= 0.6 is 0 Å². The highest BCUT2D eigenvalue weighted by Crippen LogP contribution is 2.10. The Bertz CT molecular complexity index is 292. The van der Waals surface area contributed by atoms with Crippen LogP contribution in [0.5, 0.6) is 0 Å². The van der Waals surface area contributed by atoms with Gasteiger partial charge < -0.3 is 9.84 Å². The van der Waals surface area contributed by atoms with Gasteiger partial charge in [-0.25, -0.2) is 8.42 Å². The summed E-state index contributed by atoms with van der Waals surface area (Å²) in [6, 6.07) is 0. The number of aliphatic hydroxyl groups excluding tert-OH is 1. The van der Waals surface area contributed by atoms with Crippen molar-refractivity contribution in [2.45, 2.75) is 18.3 Å². The van der Waals surface area contributed by atoms with Gasteiger partial charge in [-0.1, -0.05) is 0 Å². The van der Waals surface area contributed by atoms with Crippen LogP contribution in [-0.2, 0) is 19.6 Å². The maximum Gasteiger partial charge on any atom is 0.261 e. The largest absolute Gasteiger partial charge is 0.384 e. The van der Waals surface area contributed by atoms with Crippen LogP contribution in [0.1, 0.15) is 6.92 Å². The second kappa shape index (κ2) is 3.60. The molecule has 0 aliphatic carbocycles. The number of amides is 1. The predicted molar refractivity (Wildman–Crippen MR) is 43.4 cm³/mol. The van der Waals surface area contributed by atoms with Gasteiger partial charge in [-0.05, 0) is 6.92 Å². The number of hydrogen-bond donors (Lipinski definition) is 2. The monoisotopic (exact) mass is 209 g/mol. The first-order valence-corrected chi connectivity index (χ1v) is 5.29. The van der Waals surface area contributed by atoms with E-state index in [2.05, 4.69) is 4.74 Å². The van der Waals surface area contributed by atoms with Crippen LogP contribution in [0, 0.1) is 0 Å². The lowest BCUT2D eigenvalue weighted by atomic mass is 10.4. The molecule has 1 amide bonds. The van der Waals surface area contributed by atoms with Crippen LogP contribution in [0.2, 0.25) is 0 Å². The van der Waals surface area contributed by atoms with Crippen LogP contribution in [-0.4, -0.2) is 44.0 Å². The first-order chi connectivity index (χ1) is 5.93. The van der Waals surface area contributed by atoms with E-state index < -0.39 is 27.3 Å². The number of carbonyl (C=O) groups is 1. The summed E-state index contributed by atoms with van der Waals surface area (Å²) in [5.41, 5.74) is 0. The van der Waals surface area contributed by atoms with Crippen molar-refractivity contribution in [1.29, 1.82) is 0 Å². The standard InChI is InChI=1S/C6H11NO5S/c1-4(8)6(9)7-13(10,11)5-2-12-3-5/h4-5,8H,2-3H2,1H3,(H,7,9). The Morgan fingerprint density at radius 3 is 2.46 bits per heavy atom. The third-order valence-corrected chi connectivity index (χ3v) is 3.30. The van der Waals surface area contributed by atoms with E-state index in [4.69, 9.17) is 5.11 Å². The van der Waals surface area contributed by atoms with E-state index >= 15 is 0 Å². The quantitative estimate of drug-likeness (QED) is 0.572. The molecule has 1 saturated heterocycles. The van der Waals surface area contributed by atoms with E-state index in [0.29, 0.717) is 0 Å². The van der Waals surface area contributed by atoms with Crippen molar-refractivity contribution in [1.82, 2.24) is 4.72 Å². The molecule has 1 rings (SSSR count). The predicted octanol–water partition coefficient (Wildman–Crippen LogP) is -1.79. The van der Waals surface area contributed by atoms with E-state index in [1.165, 1.54) is 6.92 Å². The Morgan fingerprint density at radius 2 is 2.15 bits per heavy atom. The summed E-state index contributed by atoms with van der Waals surface area (Å²) in [5, 5.41) is 8.08. The highest BCUT2D eigenvalue weighted by atomic mass is 32.2. The Labute approximate surface area is 75.9 Å². The SMILES string of the molecule is CC(O)C(=O)NS(=O)(=O)C1COC1. The van der Waals surface area contributed by atoms with Gasteiger partial charge in [-0.3, -0.25) is 9.52 Å². The van der Waals surface area contributed by atoms with E-state index in [1.54, 1.807) is 4.72 Å². The number of hydrogen-bond acceptors (Lipinski definition) is 5. The molecule has 6 nitrogen and oxygen atoms in total. The molecule has 0 aromatic heterocycles. The lowest BCUT2D eigenvalue weighted by Gasteiger charge is -2.25. The number of rotatable bonds is 3. The fourth-order valence-corrected chi connectivity index (χ4v) is 1.87. The molecule has 0 bridgehead atoms. The van der Waals surface area contributed by atoms with Gasteiger partial charge in [-0.2, -0.15) is 0 Å². The summed E-state index contributed by atoms with van der Waals surface area (Å²) >= 11 is 0. The average molecular weight is 209 g/mol. The molecule has 0 aromatic carbocycles. The van der Waals surface area contributed by atoms with Crippen LogP contribution in [0.4, 0.5) is 0 Å². The molecule has 1 atom stereocenters. The topological polar surface area (TPSA) is 92.7 Å². The number of sulfonamides is 1. The smallest absolute Gasteiger partial charge is 0.261 e. The average Bonchev–Trinajstić information content (AvgIpc) is 1.79. The summed E-state index contributed by atoms with van der Waals surface area (Å²) in [4.78, 5) is 10.8. The third-order valence-electron chi connectivity index (χ3n) is 1.67. The second-order valence-electron chi connectivity index (χ2n) is 2.85. The molecule has 0 spiro atoms. The van der Waals surface area contributed by atoms with Crippen LogP contribution < -0.4 is 4.72 Å². The molecule has 13 heavy (non-hydrogen) atoms. The van der Waals surface area contributed by atoms with Crippen molar-refractivity contribution in [3.63, 3.8) is 0 Å². The lowest BCUT2D eigenvalue weighted by Crippen LogP contribution is -2.50. The third kappa shape index (κ3) is 2.39. The van der Waals surface area contributed by atoms with Gasteiger partial charge in [0.05, 0.1) is 13.2 Å². The van der Waals surface area contributed by atoms with Crippen molar-refractivity contribution >= 4 is 15.9 Å². The minimum Gasteiger partial charge on any atom is -0.384 e. The Balaban J connectivity index is 2.56. The van der Waals surface area contributed by atoms with Crippen molar-refractivity contribution in [3.05, 3.63) is 0 Å². The van der Waals surface area contributed by atoms with Gasteiger partial charge in [0.15, 0.2) is 0 Å². The van der Waals surface area contributed by atoms with Crippen molar-refractivity contribution in [3.8, 4) is 0 Å². The molecule has 1 aliphatic rings. The normalized spacial score (nSPS) is 20.5. The number of aliphatic hydroxyl groups is 1. The van der Waals surface area contributed by atoms with Gasteiger partial charge in [0.25, 0.3) is 5.91 Å². The Kier molecular flexibility index (Phi) is 2.89. The maximum absolute atomic E-state index is 11.2. The van der Waals surface area contributed by atoms with Gasteiger partial charge in [0.2, 0.25) is 10.0 Å². The molecule has 1 heterocycles. The second-order valence-corrected chi connectivity index (χ2v) is 4.81. The molecule has 1 aliphatic heterocycles. The first kappa shape index (κ1) is 10.4. The molecule has 0 aromatic rings. The molecule has 76 valence electrons. The Hall–Kier alpha value is -0.660. The zero-order valence-corrected chi connectivity index (χ0v) is 7.87. The molecule has 0 saturated carbocycles. The zero-order valence-electron chi connectivity index (χ0n) is 7.06. The molecule has 2 N–H and O–H groups in total. The highest BCUT2D eigenvalue weighted by molar-refractivity contribution is 7.90. The number of ether oxygens (including phenoxy) is 1. The summed E-state index contributed by atoms with van der Waals surface area (Å²) in [6.45, 7) is 1.40. The fraction of sp³-hybridized carbons (Fsp3) is 0.833. The van der Waals surface area contributed by atoms with Crippen LogP contribution in [0.25, 0.3) is 0 Å². The zero-order chi connectivity index (χ0) is 10.1. The van der Waals surface area contributed by atoms with E-state index in [1.807, 2.05) is 0 Å². The molecular weight excluding hydrogens is 198 g/mol. The van der Waals surface area contributed by atoms with Crippen LogP contribution in [0.15, 0.2) is 0 Å². The van der Waals surface area contributed by atoms with E-state index in [9.17, 15) is 13.2 Å². The first-order valence-electron chi connectivity index (χ1n) is 3.75. The van der Waals surface area contributed by atoms with Crippen LogP contribution in [0.3, 0.4) is 0 Å². The van der Waals surface area contributed by atoms with Crippen molar-refractivity contribution in [2.75, 3.05) is 13.2 Å². The molecule has 1 unspecified atom stereocenters. The molecule has 1 fully saturated rings. The summed E-state index contributed by atoms with van der Waals surface area (Å²) in [6.07, 6.45) is -1.32. The van der Waals surface area contributed by atoms with Gasteiger partial charge in [-0.15, -0.1) is 0 Å². The number of carbonyl (C=O) groups excluding carboxylic acids is 1. The number of nitrogens with one attached hydrogen (secondary N) is 1. The van der Waals surface area contributed by atoms with Gasteiger partial charge in [0, 0.05) is 0 Å². The minimum atomic E-state index is -3.65. The summed E-state index contributed by atoms with van der Waals surface area (Å²) in [5.74, 6) is -0.910. The van der Waals surface area contributed by atoms with Crippen molar-refractivity contribution in [2.24, 2.45) is 0 Å². The van der Waals surface area contributed by atoms with E-state index in [-0.39, 0.29) is 13.2 Å². The summed E-state index contributed by atoms with van der Waals surface area (Å²) < 4.78 is 28.8. The van der Waals surface area contributed by atoms with Gasteiger partial charge >= 0.3 is 0 Å². The van der Waals surface area contributed by atoms with Crippen molar-refractivity contribution < 1.29 is 23.1 Å². The minimum absolute atomic E-state index is 0.0996. The maximum atomic E-state index is 11.2. The molecule has 0 radical (unpaired) electrons. The molecular formula is C6H11NO5S. The lowest BCUT2D eigenvalue weighted by molar-refractivity contribution is -0.126. The van der Waals surface area contributed by atoms with Gasteiger partial charge in [0.1, 0.15) is 11.4 Å². The highest BCUT2D eigenvalue weighted by Gasteiger charge is 2.34. The summed E-state index contributed by atoms with van der Waals surface area (Å²) in [7, 11) is -3.65. The molecule has 7 heteroatoms. The fourth-order valence-electron chi connectivity index (χ4n) is 0.702. The van der Waals surface area contributed by atoms with E-state index in [0.717, 1.165) is 0 Å².